The van der Waals surface area contributed by atoms with Gasteiger partial charge in [0.2, 0.25) is 0 Å². The highest BCUT2D eigenvalue weighted by molar-refractivity contribution is 7.99. The highest BCUT2D eigenvalue weighted by Gasteiger charge is 2.28. The maximum atomic E-state index is 12.2. The van der Waals surface area contributed by atoms with Crippen molar-refractivity contribution < 1.29 is 8.42 Å². The van der Waals surface area contributed by atoms with Crippen LogP contribution in [0.5, 0.6) is 0 Å². The van der Waals surface area contributed by atoms with E-state index in [9.17, 15) is 8.42 Å². The summed E-state index contributed by atoms with van der Waals surface area (Å²) in [5, 5.41) is 3.61. The molecule has 1 heterocycles. The maximum Gasteiger partial charge on any atom is 0.279 e. The van der Waals surface area contributed by atoms with Crippen molar-refractivity contribution in [1.82, 2.24) is 14.3 Å². The first-order valence-corrected chi connectivity index (χ1v) is 9.70. The summed E-state index contributed by atoms with van der Waals surface area (Å²) in [6.45, 7) is 7.72. The van der Waals surface area contributed by atoms with Gasteiger partial charge in [0, 0.05) is 24.9 Å². The van der Waals surface area contributed by atoms with Gasteiger partial charge in [-0.2, -0.15) is 24.5 Å². The van der Waals surface area contributed by atoms with Crippen LogP contribution in [0.3, 0.4) is 0 Å². The Morgan fingerprint density at radius 3 is 2.84 bits per heavy atom. The molecular weight excluding hydrogens is 282 g/mol. The van der Waals surface area contributed by atoms with Crippen molar-refractivity contribution >= 4 is 22.0 Å². The lowest BCUT2D eigenvalue weighted by Crippen LogP contribution is -2.48. The third-order valence-electron chi connectivity index (χ3n) is 3.46. The highest BCUT2D eigenvalue weighted by Crippen LogP contribution is 2.18. The lowest BCUT2D eigenvalue weighted by atomic mass is 10.00. The van der Waals surface area contributed by atoms with Crippen LogP contribution in [0.25, 0.3) is 0 Å². The van der Waals surface area contributed by atoms with Gasteiger partial charge in [0.1, 0.15) is 0 Å². The fraction of sp³-hybridized carbons (Fsp3) is 1.00. The molecule has 2 atom stereocenters. The fourth-order valence-electron chi connectivity index (χ4n) is 2.16. The summed E-state index contributed by atoms with van der Waals surface area (Å²) in [6, 6.07) is 0. The molecule has 7 heteroatoms. The van der Waals surface area contributed by atoms with Crippen LogP contribution in [0.4, 0.5) is 0 Å². The van der Waals surface area contributed by atoms with Crippen molar-refractivity contribution in [3.8, 4) is 0 Å². The zero-order chi connectivity index (χ0) is 14.3. The maximum absolute atomic E-state index is 12.2. The number of nitrogens with zero attached hydrogens (tertiary/aromatic N) is 1. The van der Waals surface area contributed by atoms with Crippen molar-refractivity contribution in [2.24, 2.45) is 5.92 Å². The minimum absolute atomic E-state index is 0.303. The summed E-state index contributed by atoms with van der Waals surface area (Å²) >= 11 is 1.67. The number of rotatable bonds is 8. The molecule has 1 aliphatic rings. The Morgan fingerprint density at radius 1 is 1.47 bits per heavy atom. The van der Waals surface area contributed by atoms with Gasteiger partial charge in [-0.15, -0.1) is 0 Å². The molecule has 0 radical (unpaired) electrons. The average molecular weight is 310 g/mol. The Morgan fingerprint density at radius 2 is 2.21 bits per heavy atom. The standard InChI is InChI=1S/C12H27N3O2S2/c1-4-13-9-12-6-5-7-15(10-12)19(16,17)14-8-11(2)18-3/h11-14H,4-10H2,1-3H3. The predicted octanol–water partition coefficient (Wildman–Crippen LogP) is 0.894. The van der Waals surface area contributed by atoms with Crippen LogP contribution >= 0.6 is 11.8 Å². The van der Waals surface area contributed by atoms with Crippen molar-refractivity contribution in [3.05, 3.63) is 0 Å². The van der Waals surface area contributed by atoms with Gasteiger partial charge in [-0.3, -0.25) is 0 Å². The molecule has 1 saturated heterocycles. The summed E-state index contributed by atoms with van der Waals surface area (Å²) in [4.78, 5) is 0. The molecule has 0 spiro atoms. The number of hydrogen-bond acceptors (Lipinski definition) is 4. The molecule has 19 heavy (non-hydrogen) atoms. The van der Waals surface area contributed by atoms with Crippen molar-refractivity contribution in [2.75, 3.05) is 39.0 Å². The molecule has 1 fully saturated rings. The van der Waals surface area contributed by atoms with E-state index in [-0.39, 0.29) is 0 Å². The number of piperidine rings is 1. The number of thioether (sulfide) groups is 1. The minimum atomic E-state index is -3.30. The monoisotopic (exact) mass is 309 g/mol. The van der Waals surface area contributed by atoms with Crippen molar-refractivity contribution in [2.45, 2.75) is 31.9 Å². The molecule has 2 N–H and O–H groups in total. The van der Waals surface area contributed by atoms with E-state index in [0.717, 1.165) is 25.9 Å². The molecule has 0 aromatic rings. The van der Waals surface area contributed by atoms with E-state index in [2.05, 4.69) is 17.0 Å². The lowest BCUT2D eigenvalue weighted by molar-refractivity contribution is 0.259. The van der Waals surface area contributed by atoms with Gasteiger partial charge in [-0.1, -0.05) is 13.8 Å². The first-order valence-electron chi connectivity index (χ1n) is 6.97. The smallest absolute Gasteiger partial charge is 0.279 e. The van der Waals surface area contributed by atoms with E-state index in [0.29, 0.717) is 30.8 Å². The number of hydrogen-bond donors (Lipinski definition) is 2. The molecule has 1 aliphatic heterocycles. The van der Waals surface area contributed by atoms with E-state index < -0.39 is 10.2 Å². The van der Waals surface area contributed by atoms with Gasteiger partial charge in [0.05, 0.1) is 0 Å². The summed E-state index contributed by atoms with van der Waals surface area (Å²) in [7, 11) is -3.30. The normalized spacial score (nSPS) is 23.4. The van der Waals surface area contributed by atoms with Crippen LogP contribution in [0.2, 0.25) is 0 Å². The SMILES string of the molecule is CCNCC1CCCN(S(=O)(=O)NCC(C)SC)C1. The summed E-state index contributed by atoms with van der Waals surface area (Å²) in [5.41, 5.74) is 0. The molecule has 114 valence electrons. The predicted molar refractivity (Wildman–Crippen MR) is 82.7 cm³/mol. The van der Waals surface area contributed by atoms with Crippen LogP contribution in [0.1, 0.15) is 26.7 Å². The average Bonchev–Trinajstić information content (AvgIpc) is 2.43. The van der Waals surface area contributed by atoms with Crippen LogP contribution < -0.4 is 10.0 Å². The second kappa shape index (κ2) is 8.46. The quantitative estimate of drug-likeness (QED) is 0.699. The molecule has 0 aliphatic carbocycles. The summed E-state index contributed by atoms with van der Waals surface area (Å²) in [5.74, 6) is 0.434. The molecule has 0 bridgehead atoms. The Labute approximate surface area is 122 Å². The van der Waals surface area contributed by atoms with Crippen LogP contribution in [0.15, 0.2) is 0 Å². The molecule has 0 amide bonds. The van der Waals surface area contributed by atoms with Crippen molar-refractivity contribution in [3.63, 3.8) is 0 Å². The van der Waals surface area contributed by atoms with Gasteiger partial charge in [-0.25, -0.2) is 4.72 Å². The first kappa shape index (κ1) is 17.2. The van der Waals surface area contributed by atoms with Gasteiger partial charge < -0.3 is 5.32 Å². The molecule has 5 nitrogen and oxygen atoms in total. The molecule has 1 rings (SSSR count). The first-order chi connectivity index (χ1) is 8.99. The third kappa shape index (κ3) is 5.99. The Kier molecular flexibility index (Phi) is 7.68. The zero-order valence-electron chi connectivity index (χ0n) is 12.2. The lowest BCUT2D eigenvalue weighted by Gasteiger charge is -2.32. The van der Waals surface area contributed by atoms with Gasteiger partial charge in [0.15, 0.2) is 0 Å². The Balaban J connectivity index is 2.48. The summed E-state index contributed by atoms with van der Waals surface area (Å²) in [6.07, 6.45) is 4.06. The molecule has 0 saturated carbocycles. The zero-order valence-corrected chi connectivity index (χ0v) is 13.8. The topological polar surface area (TPSA) is 61.4 Å². The van der Waals surface area contributed by atoms with Crippen LogP contribution in [0, 0.1) is 5.92 Å². The van der Waals surface area contributed by atoms with Gasteiger partial charge >= 0.3 is 0 Å². The van der Waals surface area contributed by atoms with E-state index in [1.165, 1.54) is 0 Å². The van der Waals surface area contributed by atoms with E-state index >= 15 is 0 Å². The molecule has 0 aromatic carbocycles. The minimum Gasteiger partial charge on any atom is -0.317 e. The van der Waals surface area contributed by atoms with Gasteiger partial charge in [0.25, 0.3) is 10.2 Å². The van der Waals surface area contributed by atoms with E-state index in [1.54, 1.807) is 16.1 Å². The number of nitrogens with one attached hydrogen (secondary N) is 2. The third-order valence-corrected chi connectivity index (χ3v) is 5.97. The summed E-state index contributed by atoms with van der Waals surface area (Å²) < 4.78 is 28.7. The van der Waals surface area contributed by atoms with Gasteiger partial charge in [-0.05, 0) is 38.1 Å². The Hall–Kier alpha value is 0.180. The van der Waals surface area contributed by atoms with E-state index in [4.69, 9.17) is 0 Å². The second-order valence-corrected chi connectivity index (χ2v) is 8.11. The fourth-order valence-corrected chi connectivity index (χ4v) is 3.93. The Bertz CT molecular complexity index is 349. The highest BCUT2D eigenvalue weighted by atomic mass is 32.2. The molecule has 0 aromatic heterocycles. The molecule has 2 unspecified atom stereocenters. The van der Waals surface area contributed by atoms with E-state index in [1.807, 2.05) is 13.2 Å². The van der Waals surface area contributed by atoms with Crippen LogP contribution in [-0.4, -0.2) is 57.0 Å². The van der Waals surface area contributed by atoms with Crippen molar-refractivity contribution in [1.29, 1.82) is 0 Å². The molecular formula is C12H27N3O2S2. The second-order valence-electron chi connectivity index (χ2n) is 5.07. The largest absolute Gasteiger partial charge is 0.317 e. The van der Waals surface area contributed by atoms with Crippen LogP contribution in [-0.2, 0) is 10.2 Å².